The SMILES string of the molecule is COC(=O)[C@H]([C@H]1CN(C(c2ccccc2)c2ccccc2)[C@H]1C)S(C)(=O)=O. The number of methoxy groups -OCH3 is 1. The Kier molecular flexibility index (Phi) is 5.67. The van der Waals surface area contributed by atoms with Crippen molar-refractivity contribution in [3.8, 4) is 0 Å². The highest BCUT2D eigenvalue weighted by Crippen LogP contribution is 2.41. The van der Waals surface area contributed by atoms with Crippen LogP contribution in [0.3, 0.4) is 0 Å². The van der Waals surface area contributed by atoms with Crippen molar-refractivity contribution in [1.29, 1.82) is 0 Å². The molecule has 0 aromatic heterocycles. The molecule has 0 saturated carbocycles. The first kappa shape index (κ1) is 19.6. The van der Waals surface area contributed by atoms with E-state index in [4.69, 9.17) is 4.74 Å². The lowest BCUT2D eigenvalue weighted by Crippen LogP contribution is -2.62. The molecule has 6 heteroatoms. The first-order valence-corrected chi connectivity index (χ1v) is 10.9. The second-order valence-electron chi connectivity index (χ2n) is 7.10. The summed E-state index contributed by atoms with van der Waals surface area (Å²) in [7, 11) is -2.31. The zero-order chi connectivity index (χ0) is 19.6. The molecule has 1 saturated heterocycles. The normalized spacial score (nSPS) is 21.5. The average molecular weight is 388 g/mol. The summed E-state index contributed by atoms with van der Waals surface area (Å²) in [4.78, 5) is 14.4. The van der Waals surface area contributed by atoms with Crippen molar-refractivity contribution >= 4 is 15.8 Å². The molecule has 0 aliphatic carbocycles. The second-order valence-corrected chi connectivity index (χ2v) is 9.27. The standard InChI is InChI=1S/C21H25NO4S/c1-15-18(20(21(23)26-2)27(3,24)25)14-22(15)19(16-10-6-4-7-11-16)17-12-8-5-9-13-17/h4-13,15,18-20H,14H2,1-3H3/t15-,18-,20-/m0/s1. The summed E-state index contributed by atoms with van der Waals surface area (Å²) in [5, 5.41) is -1.12. The fourth-order valence-corrected chi connectivity index (χ4v) is 5.38. The van der Waals surface area contributed by atoms with Gasteiger partial charge in [0.05, 0.1) is 13.2 Å². The van der Waals surface area contributed by atoms with Crippen LogP contribution in [0.5, 0.6) is 0 Å². The van der Waals surface area contributed by atoms with Gasteiger partial charge in [0.2, 0.25) is 0 Å². The van der Waals surface area contributed by atoms with Gasteiger partial charge < -0.3 is 4.74 Å². The number of carbonyl (C=O) groups is 1. The molecule has 3 atom stereocenters. The largest absolute Gasteiger partial charge is 0.468 e. The Hall–Kier alpha value is -2.18. The summed E-state index contributed by atoms with van der Waals surface area (Å²) in [5.41, 5.74) is 2.28. The smallest absolute Gasteiger partial charge is 0.324 e. The highest BCUT2D eigenvalue weighted by molar-refractivity contribution is 7.92. The van der Waals surface area contributed by atoms with Crippen LogP contribution in [0.2, 0.25) is 0 Å². The topological polar surface area (TPSA) is 63.7 Å². The molecule has 1 aliphatic heterocycles. The first-order valence-electron chi connectivity index (χ1n) is 8.97. The van der Waals surface area contributed by atoms with Crippen molar-refractivity contribution in [1.82, 2.24) is 4.90 Å². The third kappa shape index (κ3) is 3.92. The van der Waals surface area contributed by atoms with Crippen LogP contribution in [0.4, 0.5) is 0 Å². The minimum atomic E-state index is -3.55. The molecule has 1 aliphatic rings. The Balaban J connectivity index is 1.92. The van der Waals surface area contributed by atoms with Crippen LogP contribution in [-0.2, 0) is 19.4 Å². The Morgan fingerprint density at radius 2 is 1.52 bits per heavy atom. The van der Waals surface area contributed by atoms with Gasteiger partial charge in [0.15, 0.2) is 15.1 Å². The number of nitrogens with zero attached hydrogens (tertiary/aromatic N) is 1. The van der Waals surface area contributed by atoms with E-state index in [9.17, 15) is 13.2 Å². The van der Waals surface area contributed by atoms with Crippen LogP contribution in [0.15, 0.2) is 60.7 Å². The number of rotatable bonds is 6. The summed E-state index contributed by atoms with van der Waals surface area (Å²) >= 11 is 0. The number of hydrogen-bond acceptors (Lipinski definition) is 5. The quantitative estimate of drug-likeness (QED) is 0.713. The van der Waals surface area contributed by atoms with E-state index in [1.54, 1.807) is 0 Å². The lowest BCUT2D eigenvalue weighted by Gasteiger charge is -2.52. The van der Waals surface area contributed by atoms with Crippen LogP contribution in [0.25, 0.3) is 0 Å². The highest BCUT2D eigenvalue weighted by atomic mass is 32.2. The van der Waals surface area contributed by atoms with Gasteiger partial charge in [-0.3, -0.25) is 9.69 Å². The molecule has 2 aromatic carbocycles. The molecule has 0 unspecified atom stereocenters. The second kappa shape index (κ2) is 7.82. The molecule has 144 valence electrons. The van der Waals surface area contributed by atoms with Gasteiger partial charge in [-0.2, -0.15) is 0 Å². The zero-order valence-corrected chi connectivity index (χ0v) is 16.6. The van der Waals surface area contributed by atoms with Crippen LogP contribution in [0.1, 0.15) is 24.1 Å². The van der Waals surface area contributed by atoms with Crippen molar-refractivity contribution in [3.05, 3.63) is 71.8 Å². The molecular weight excluding hydrogens is 362 g/mol. The van der Waals surface area contributed by atoms with Gasteiger partial charge in [-0.25, -0.2) is 8.42 Å². The van der Waals surface area contributed by atoms with Gasteiger partial charge in [0, 0.05) is 24.8 Å². The van der Waals surface area contributed by atoms with Crippen LogP contribution < -0.4 is 0 Å². The van der Waals surface area contributed by atoms with Crippen LogP contribution in [-0.4, -0.2) is 50.5 Å². The first-order chi connectivity index (χ1) is 12.8. The molecule has 0 amide bonds. The van der Waals surface area contributed by atoms with Gasteiger partial charge in [0.25, 0.3) is 0 Å². The van der Waals surface area contributed by atoms with Crippen molar-refractivity contribution in [2.45, 2.75) is 24.3 Å². The fourth-order valence-electron chi connectivity index (χ4n) is 3.99. The summed E-state index contributed by atoms with van der Waals surface area (Å²) < 4.78 is 29.2. The van der Waals surface area contributed by atoms with Crippen molar-refractivity contribution in [3.63, 3.8) is 0 Å². The maximum Gasteiger partial charge on any atom is 0.324 e. The van der Waals surface area contributed by atoms with E-state index in [1.807, 2.05) is 43.3 Å². The Labute approximate surface area is 160 Å². The van der Waals surface area contributed by atoms with Crippen molar-refractivity contribution in [2.75, 3.05) is 19.9 Å². The highest BCUT2D eigenvalue weighted by Gasteiger charge is 2.50. The number of likely N-dealkylation sites (tertiary alicyclic amines) is 1. The van der Waals surface area contributed by atoms with E-state index < -0.39 is 21.1 Å². The lowest BCUT2D eigenvalue weighted by molar-refractivity contribution is -0.144. The summed E-state index contributed by atoms with van der Waals surface area (Å²) in [6, 6.07) is 20.2. The van der Waals surface area contributed by atoms with Gasteiger partial charge in [0.1, 0.15) is 0 Å². The number of carbonyl (C=O) groups excluding carboxylic acids is 1. The van der Waals surface area contributed by atoms with Gasteiger partial charge in [-0.15, -0.1) is 0 Å². The summed E-state index contributed by atoms with van der Waals surface area (Å²) in [6.45, 7) is 2.50. The minimum Gasteiger partial charge on any atom is -0.468 e. The van der Waals surface area contributed by atoms with E-state index in [0.29, 0.717) is 6.54 Å². The van der Waals surface area contributed by atoms with E-state index in [1.165, 1.54) is 7.11 Å². The van der Waals surface area contributed by atoms with Crippen LogP contribution >= 0.6 is 0 Å². The average Bonchev–Trinajstić information content (AvgIpc) is 2.67. The number of esters is 1. The van der Waals surface area contributed by atoms with E-state index in [-0.39, 0.29) is 18.0 Å². The number of sulfone groups is 1. The van der Waals surface area contributed by atoms with Gasteiger partial charge in [-0.1, -0.05) is 60.7 Å². The minimum absolute atomic E-state index is 0.0107. The Bertz CT molecular complexity index is 843. The Morgan fingerprint density at radius 1 is 1.04 bits per heavy atom. The molecule has 0 bridgehead atoms. The van der Waals surface area contributed by atoms with Gasteiger partial charge in [-0.05, 0) is 18.1 Å². The summed E-state index contributed by atoms with van der Waals surface area (Å²) in [6.07, 6.45) is 1.11. The predicted octanol–water partition coefficient (Wildman–Crippen LogP) is 2.68. The van der Waals surface area contributed by atoms with E-state index in [0.717, 1.165) is 17.4 Å². The molecule has 5 nitrogen and oxygen atoms in total. The maximum atomic E-state index is 12.2. The third-order valence-corrected chi connectivity index (χ3v) is 6.87. The molecular formula is C21H25NO4S. The molecule has 0 N–H and O–H groups in total. The molecule has 1 fully saturated rings. The predicted molar refractivity (Wildman–Crippen MR) is 105 cm³/mol. The van der Waals surface area contributed by atoms with E-state index >= 15 is 0 Å². The van der Waals surface area contributed by atoms with E-state index in [2.05, 4.69) is 29.2 Å². The lowest BCUT2D eigenvalue weighted by atomic mass is 9.82. The molecule has 2 aromatic rings. The molecule has 1 heterocycles. The van der Waals surface area contributed by atoms with Crippen molar-refractivity contribution < 1.29 is 17.9 Å². The number of hydrogen-bond donors (Lipinski definition) is 0. The molecule has 27 heavy (non-hydrogen) atoms. The fraction of sp³-hybridized carbons (Fsp3) is 0.381. The molecule has 0 radical (unpaired) electrons. The number of ether oxygens (including phenoxy) is 1. The molecule has 0 spiro atoms. The van der Waals surface area contributed by atoms with Crippen LogP contribution in [0, 0.1) is 5.92 Å². The Morgan fingerprint density at radius 3 is 1.89 bits per heavy atom. The zero-order valence-electron chi connectivity index (χ0n) is 15.8. The third-order valence-electron chi connectivity index (χ3n) is 5.41. The monoisotopic (exact) mass is 387 g/mol. The number of benzene rings is 2. The maximum absolute atomic E-state index is 12.2. The van der Waals surface area contributed by atoms with Crippen molar-refractivity contribution in [2.24, 2.45) is 5.92 Å². The molecule has 3 rings (SSSR count). The van der Waals surface area contributed by atoms with Gasteiger partial charge >= 0.3 is 5.97 Å². The summed E-state index contributed by atoms with van der Waals surface area (Å²) in [5.74, 6) is -0.965.